The van der Waals surface area contributed by atoms with E-state index in [1.165, 1.54) is 0 Å². The summed E-state index contributed by atoms with van der Waals surface area (Å²) in [5, 5.41) is 10.6. The topological polar surface area (TPSA) is 81.6 Å². The predicted molar refractivity (Wildman–Crippen MR) is 52.8 cm³/mol. The third kappa shape index (κ3) is 2.10. The average Bonchev–Trinajstić information content (AvgIpc) is 2.12. The van der Waals surface area contributed by atoms with Crippen LogP contribution in [-0.2, 0) is 6.42 Å². The Hall–Kier alpha value is -1.83. The van der Waals surface area contributed by atoms with E-state index in [9.17, 15) is 4.79 Å². The van der Waals surface area contributed by atoms with Crippen molar-refractivity contribution in [1.29, 1.82) is 5.26 Å². The van der Waals surface area contributed by atoms with Crippen molar-refractivity contribution in [2.24, 2.45) is 0 Å². The molecule has 0 saturated carbocycles. The number of hydrogen-bond donors (Lipinski definition) is 2. The lowest BCUT2D eigenvalue weighted by molar-refractivity contribution is 0.869. The fourth-order valence-electron chi connectivity index (χ4n) is 1.27. The van der Waals surface area contributed by atoms with Gasteiger partial charge in [-0.1, -0.05) is 13.3 Å². The Morgan fingerprint density at radius 3 is 2.86 bits per heavy atom. The summed E-state index contributed by atoms with van der Waals surface area (Å²) in [6.45, 7) is 3.77. The number of hydrogen-bond acceptors (Lipinski definition) is 4. The normalized spacial score (nSPS) is 9.50. The number of aromatic nitrogens is 2. The molecule has 1 aromatic heterocycles. The Kier molecular flexibility index (Phi) is 3.24. The van der Waals surface area contributed by atoms with Crippen LogP contribution in [0.25, 0.3) is 0 Å². The minimum Gasteiger partial charge on any atom is -0.292 e. The van der Waals surface area contributed by atoms with E-state index in [0.29, 0.717) is 17.7 Å². The second kappa shape index (κ2) is 4.42. The van der Waals surface area contributed by atoms with Gasteiger partial charge in [-0.3, -0.25) is 15.1 Å². The van der Waals surface area contributed by atoms with Gasteiger partial charge in [-0.2, -0.15) is 5.26 Å². The molecular weight excluding hydrogens is 180 g/mol. The first-order valence-electron chi connectivity index (χ1n) is 4.44. The maximum Gasteiger partial charge on any atom is 0.255 e. The summed E-state index contributed by atoms with van der Waals surface area (Å²) in [5.41, 5.74) is 1.20. The van der Waals surface area contributed by atoms with E-state index < -0.39 is 0 Å². The molecule has 5 nitrogen and oxygen atoms in total. The molecule has 0 radical (unpaired) electrons. The zero-order valence-corrected chi connectivity index (χ0v) is 8.22. The molecule has 0 atom stereocenters. The molecule has 1 heterocycles. The van der Waals surface area contributed by atoms with E-state index >= 15 is 0 Å². The van der Waals surface area contributed by atoms with Crippen molar-refractivity contribution in [2.75, 3.05) is 5.32 Å². The van der Waals surface area contributed by atoms with Gasteiger partial charge < -0.3 is 0 Å². The number of H-pyrrole nitrogens is 1. The number of nitrogens with zero attached hydrogens (tertiary/aromatic N) is 2. The minimum atomic E-state index is -0.169. The third-order valence-corrected chi connectivity index (χ3v) is 1.90. The molecule has 0 amide bonds. The molecule has 0 unspecified atom stereocenters. The van der Waals surface area contributed by atoms with Crippen LogP contribution >= 0.6 is 0 Å². The monoisotopic (exact) mass is 192 g/mol. The van der Waals surface area contributed by atoms with Crippen LogP contribution < -0.4 is 10.9 Å². The van der Waals surface area contributed by atoms with Gasteiger partial charge in [0.15, 0.2) is 6.19 Å². The van der Waals surface area contributed by atoms with Gasteiger partial charge in [0.05, 0.1) is 0 Å². The van der Waals surface area contributed by atoms with Crippen molar-refractivity contribution < 1.29 is 0 Å². The lowest BCUT2D eigenvalue weighted by Crippen LogP contribution is -2.18. The Balaban J connectivity index is 3.13. The largest absolute Gasteiger partial charge is 0.292 e. The van der Waals surface area contributed by atoms with Crippen LogP contribution in [-0.4, -0.2) is 9.97 Å². The predicted octanol–water partition coefficient (Wildman–Crippen LogP) is 0.924. The van der Waals surface area contributed by atoms with Gasteiger partial charge in [0, 0.05) is 11.3 Å². The quantitative estimate of drug-likeness (QED) is 0.551. The molecule has 0 bridgehead atoms. The summed E-state index contributed by atoms with van der Waals surface area (Å²) < 4.78 is 0. The van der Waals surface area contributed by atoms with Gasteiger partial charge in [-0.25, -0.2) is 4.98 Å². The molecule has 2 N–H and O–H groups in total. The van der Waals surface area contributed by atoms with Gasteiger partial charge in [-0.05, 0) is 13.3 Å². The number of nitriles is 1. The molecule has 0 aliphatic carbocycles. The Morgan fingerprint density at radius 2 is 2.36 bits per heavy atom. The second-order valence-corrected chi connectivity index (χ2v) is 2.97. The van der Waals surface area contributed by atoms with E-state index in [0.717, 1.165) is 6.42 Å². The van der Waals surface area contributed by atoms with Crippen molar-refractivity contribution in [2.45, 2.75) is 26.7 Å². The van der Waals surface area contributed by atoms with E-state index in [1.807, 2.05) is 6.92 Å². The number of aromatic amines is 1. The summed E-state index contributed by atoms with van der Waals surface area (Å²) >= 11 is 0. The van der Waals surface area contributed by atoms with Crippen molar-refractivity contribution in [3.63, 3.8) is 0 Å². The van der Waals surface area contributed by atoms with E-state index in [4.69, 9.17) is 5.26 Å². The highest BCUT2D eigenvalue weighted by Crippen LogP contribution is 2.04. The first-order chi connectivity index (χ1) is 6.69. The van der Waals surface area contributed by atoms with Gasteiger partial charge >= 0.3 is 0 Å². The molecular formula is C9H12N4O. The number of nitrogens with one attached hydrogen (secondary N) is 2. The van der Waals surface area contributed by atoms with Crippen LogP contribution in [0.15, 0.2) is 4.79 Å². The van der Waals surface area contributed by atoms with Crippen LogP contribution in [0.2, 0.25) is 0 Å². The summed E-state index contributed by atoms with van der Waals surface area (Å²) in [4.78, 5) is 18.0. The molecule has 0 aromatic carbocycles. The van der Waals surface area contributed by atoms with Gasteiger partial charge in [0.1, 0.15) is 0 Å². The Labute approximate surface area is 81.8 Å². The number of rotatable bonds is 3. The number of anilines is 1. The fourth-order valence-corrected chi connectivity index (χ4v) is 1.27. The van der Waals surface area contributed by atoms with Crippen LogP contribution in [0.5, 0.6) is 0 Å². The van der Waals surface area contributed by atoms with Crippen molar-refractivity contribution in [3.05, 3.63) is 21.6 Å². The Morgan fingerprint density at radius 1 is 1.64 bits per heavy atom. The van der Waals surface area contributed by atoms with Gasteiger partial charge in [-0.15, -0.1) is 0 Å². The molecule has 0 aliphatic heterocycles. The van der Waals surface area contributed by atoms with Gasteiger partial charge in [0.25, 0.3) is 5.56 Å². The lowest BCUT2D eigenvalue weighted by atomic mass is 10.1. The minimum absolute atomic E-state index is 0.169. The summed E-state index contributed by atoms with van der Waals surface area (Å²) in [5.74, 6) is 0.204. The second-order valence-electron chi connectivity index (χ2n) is 2.97. The average molecular weight is 192 g/mol. The van der Waals surface area contributed by atoms with Crippen LogP contribution in [0, 0.1) is 18.4 Å². The van der Waals surface area contributed by atoms with Crippen molar-refractivity contribution >= 4 is 5.95 Å². The Bertz CT molecular complexity index is 416. The SMILES string of the molecule is CCCc1c(C)nc(NC#N)[nH]c1=O. The maximum absolute atomic E-state index is 11.5. The fraction of sp³-hybridized carbons (Fsp3) is 0.444. The molecule has 14 heavy (non-hydrogen) atoms. The molecule has 1 aromatic rings. The van der Waals surface area contributed by atoms with Crippen LogP contribution in [0.3, 0.4) is 0 Å². The highest BCUT2D eigenvalue weighted by atomic mass is 16.1. The molecule has 1 rings (SSSR count). The van der Waals surface area contributed by atoms with Crippen LogP contribution in [0.1, 0.15) is 24.6 Å². The molecule has 0 fully saturated rings. The zero-order valence-electron chi connectivity index (χ0n) is 8.22. The lowest BCUT2D eigenvalue weighted by Gasteiger charge is -2.03. The molecule has 0 aliphatic rings. The zero-order chi connectivity index (χ0) is 10.6. The highest BCUT2D eigenvalue weighted by molar-refractivity contribution is 5.32. The maximum atomic E-state index is 11.5. The smallest absolute Gasteiger partial charge is 0.255 e. The highest BCUT2D eigenvalue weighted by Gasteiger charge is 2.06. The molecule has 0 spiro atoms. The molecule has 5 heteroatoms. The standard InChI is InChI=1S/C9H12N4O/c1-3-4-7-6(2)12-9(11-5-10)13-8(7)14/h3-4H2,1-2H3,(H2,11,12,13,14). The van der Waals surface area contributed by atoms with Crippen LogP contribution in [0.4, 0.5) is 5.95 Å². The van der Waals surface area contributed by atoms with Crippen molar-refractivity contribution in [3.8, 4) is 6.19 Å². The summed E-state index contributed by atoms with van der Waals surface area (Å²) in [7, 11) is 0. The summed E-state index contributed by atoms with van der Waals surface area (Å²) in [6, 6.07) is 0. The number of aryl methyl sites for hydroxylation is 1. The first kappa shape index (κ1) is 10.3. The van der Waals surface area contributed by atoms with E-state index in [1.54, 1.807) is 13.1 Å². The van der Waals surface area contributed by atoms with Crippen molar-refractivity contribution in [1.82, 2.24) is 9.97 Å². The first-order valence-corrected chi connectivity index (χ1v) is 4.44. The van der Waals surface area contributed by atoms with E-state index in [2.05, 4.69) is 15.3 Å². The summed E-state index contributed by atoms with van der Waals surface area (Å²) in [6.07, 6.45) is 3.32. The third-order valence-electron chi connectivity index (χ3n) is 1.90. The van der Waals surface area contributed by atoms with Gasteiger partial charge in [0.2, 0.25) is 5.95 Å². The van der Waals surface area contributed by atoms with E-state index in [-0.39, 0.29) is 11.5 Å². The molecule has 74 valence electrons. The molecule has 0 saturated heterocycles.